The second-order valence-corrected chi connectivity index (χ2v) is 7.37. The highest BCUT2D eigenvalue weighted by Gasteiger charge is 2.25. The molecule has 136 valence electrons. The van der Waals surface area contributed by atoms with Crippen LogP contribution in [0.3, 0.4) is 0 Å². The minimum absolute atomic E-state index is 0.541. The number of aromatic amines is 1. The average Bonchev–Trinajstić information content (AvgIpc) is 3.16. The fraction of sp³-hybridized carbons (Fsp3) is 0.273. The lowest BCUT2D eigenvalue weighted by Gasteiger charge is -2.14. The normalized spacial score (nSPS) is 16.0. The van der Waals surface area contributed by atoms with Crippen LogP contribution in [-0.4, -0.2) is 15.0 Å². The molecule has 2 N–H and O–H groups in total. The van der Waals surface area contributed by atoms with Crippen molar-refractivity contribution in [1.29, 1.82) is 0 Å². The van der Waals surface area contributed by atoms with Crippen molar-refractivity contribution in [3.8, 4) is 11.6 Å². The average molecular weight is 358 g/mol. The van der Waals surface area contributed by atoms with Gasteiger partial charge in [-0.15, -0.1) is 0 Å². The van der Waals surface area contributed by atoms with Gasteiger partial charge in [-0.3, -0.25) is 0 Å². The van der Waals surface area contributed by atoms with Crippen LogP contribution in [0.2, 0.25) is 0 Å². The molecule has 2 aliphatic carbocycles. The van der Waals surface area contributed by atoms with E-state index in [1.165, 1.54) is 18.4 Å². The Balaban J connectivity index is 1.52. The fourth-order valence-electron chi connectivity index (χ4n) is 3.62. The van der Waals surface area contributed by atoms with E-state index < -0.39 is 0 Å². The number of nitrogens with one attached hydrogen (secondary N) is 2. The molecule has 0 aliphatic heterocycles. The van der Waals surface area contributed by atoms with Gasteiger partial charge in [0.15, 0.2) is 0 Å². The Morgan fingerprint density at radius 1 is 1.15 bits per heavy atom. The summed E-state index contributed by atoms with van der Waals surface area (Å²) < 4.78 is 6.31. The summed E-state index contributed by atoms with van der Waals surface area (Å²) >= 11 is 0. The Kier molecular flexibility index (Phi) is 3.74. The van der Waals surface area contributed by atoms with Gasteiger partial charge in [-0.2, -0.15) is 4.98 Å². The first-order valence-electron chi connectivity index (χ1n) is 9.45. The largest absolute Gasteiger partial charge is 0.436 e. The molecule has 2 heterocycles. The summed E-state index contributed by atoms with van der Waals surface area (Å²) in [4.78, 5) is 12.4. The molecule has 5 heteroatoms. The van der Waals surface area contributed by atoms with Crippen LogP contribution in [0.1, 0.15) is 41.9 Å². The minimum Gasteiger partial charge on any atom is -0.436 e. The summed E-state index contributed by atoms with van der Waals surface area (Å²) in [6, 6.07) is 6.44. The molecule has 1 saturated carbocycles. The number of H-pyrrole nitrogens is 1. The lowest BCUT2D eigenvalue weighted by molar-refractivity contribution is 0.460. The number of aromatic nitrogens is 3. The first-order valence-corrected chi connectivity index (χ1v) is 9.45. The maximum absolute atomic E-state index is 6.31. The summed E-state index contributed by atoms with van der Waals surface area (Å²) in [7, 11) is 0. The van der Waals surface area contributed by atoms with Crippen molar-refractivity contribution >= 4 is 17.0 Å². The summed E-state index contributed by atoms with van der Waals surface area (Å²) in [5.74, 6) is 2.69. The van der Waals surface area contributed by atoms with Gasteiger partial charge in [0.2, 0.25) is 11.8 Å². The maximum Gasteiger partial charge on any atom is 0.248 e. The number of rotatable bonds is 5. The Bertz CT molecular complexity index is 1070. The highest BCUT2D eigenvalue weighted by Crippen LogP contribution is 2.43. The van der Waals surface area contributed by atoms with Crippen molar-refractivity contribution < 1.29 is 4.74 Å². The molecule has 0 spiro atoms. The van der Waals surface area contributed by atoms with Gasteiger partial charge >= 0.3 is 0 Å². The first kappa shape index (κ1) is 16.1. The number of benzene rings is 1. The Labute approximate surface area is 158 Å². The van der Waals surface area contributed by atoms with Gasteiger partial charge in [-0.05, 0) is 67.9 Å². The number of allylic oxidation sites excluding steroid dienone is 3. The Hall–Kier alpha value is -3.08. The first-order chi connectivity index (χ1) is 13.2. The molecule has 5 rings (SSSR count). The number of anilines is 1. The second kappa shape index (κ2) is 6.27. The van der Waals surface area contributed by atoms with Crippen LogP contribution in [0.5, 0.6) is 11.6 Å². The summed E-state index contributed by atoms with van der Waals surface area (Å²) in [6.07, 6.45) is 11.6. The van der Waals surface area contributed by atoms with E-state index in [0.29, 0.717) is 11.8 Å². The van der Waals surface area contributed by atoms with Gasteiger partial charge in [-0.1, -0.05) is 24.3 Å². The predicted molar refractivity (Wildman–Crippen MR) is 107 cm³/mol. The summed E-state index contributed by atoms with van der Waals surface area (Å²) in [5.41, 5.74) is 6.36. The van der Waals surface area contributed by atoms with E-state index in [0.717, 1.165) is 45.9 Å². The lowest BCUT2D eigenvalue weighted by atomic mass is 10.0. The van der Waals surface area contributed by atoms with Crippen molar-refractivity contribution in [1.82, 2.24) is 15.0 Å². The number of aryl methyl sites for hydroxylation is 2. The molecule has 0 bridgehead atoms. The third-order valence-corrected chi connectivity index (χ3v) is 5.13. The molecular weight excluding hydrogens is 336 g/mol. The van der Waals surface area contributed by atoms with E-state index in [-0.39, 0.29) is 0 Å². The van der Waals surface area contributed by atoms with Crippen molar-refractivity contribution in [3.05, 3.63) is 65.0 Å². The van der Waals surface area contributed by atoms with Gasteiger partial charge < -0.3 is 15.0 Å². The molecular formula is C22H22N4O. The Morgan fingerprint density at radius 2 is 1.96 bits per heavy atom. The predicted octanol–water partition coefficient (Wildman–Crippen LogP) is 5.50. The highest BCUT2D eigenvalue weighted by atomic mass is 16.5. The zero-order valence-corrected chi connectivity index (χ0v) is 15.5. The van der Waals surface area contributed by atoms with Gasteiger partial charge in [-0.25, -0.2) is 4.98 Å². The van der Waals surface area contributed by atoms with Crippen LogP contribution in [0.4, 0.5) is 5.95 Å². The van der Waals surface area contributed by atoms with E-state index in [1.54, 1.807) is 0 Å². The second-order valence-electron chi connectivity index (χ2n) is 7.37. The highest BCUT2D eigenvalue weighted by molar-refractivity contribution is 5.81. The standard InChI is InChI=1S/C22H22N4O/c1-13-11-16(15-7-8-15)12-14(2)20(13)27-21-19-18(9-10-23-19)25-22(26-21)24-17-5-3-4-6-17/h3,5-6,9-12,15,23H,4,7-8H2,1-2H3,(H,24,25,26). The third kappa shape index (κ3) is 3.10. The number of nitrogens with zero attached hydrogens (tertiary/aromatic N) is 2. The molecule has 0 saturated heterocycles. The molecule has 0 amide bonds. The number of ether oxygens (including phenoxy) is 1. The topological polar surface area (TPSA) is 62.8 Å². The molecule has 0 atom stereocenters. The maximum atomic E-state index is 6.31. The smallest absolute Gasteiger partial charge is 0.248 e. The molecule has 2 aromatic heterocycles. The van der Waals surface area contributed by atoms with E-state index in [2.05, 4.69) is 58.4 Å². The molecule has 3 aromatic rings. The van der Waals surface area contributed by atoms with E-state index >= 15 is 0 Å². The van der Waals surface area contributed by atoms with Crippen LogP contribution >= 0.6 is 0 Å². The zero-order chi connectivity index (χ0) is 18.4. The minimum atomic E-state index is 0.541. The molecule has 0 radical (unpaired) electrons. The van der Waals surface area contributed by atoms with Gasteiger partial charge in [0, 0.05) is 11.9 Å². The van der Waals surface area contributed by atoms with Crippen molar-refractivity contribution in [3.63, 3.8) is 0 Å². The van der Waals surface area contributed by atoms with Crippen molar-refractivity contribution in [2.45, 2.75) is 39.0 Å². The molecule has 2 aliphatic rings. The van der Waals surface area contributed by atoms with Crippen LogP contribution in [0.25, 0.3) is 11.0 Å². The van der Waals surface area contributed by atoms with Crippen molar-refractivity contribution in [2.24, 2.45) is 0 Å². The van der Waals surface area contributed by atoms with Gasteiger partial charge in [0.05, 0.1) is 5.52 Å². The number of hydrogen-bond acceptors (Lipinski definition) is 4. The molecule has 1 aromatic carbocycles. The van der Waals surface area contributed by atoms with E-state index in [1.807, 2.05) is 18.3 Å². The fourth-order valence-corrected chi connectivity index (χ4v) is 3.62. The zero-order valence-electron chi connectivity index (χ0n) is 15.5. The number of fused-ring (bicyclic) bond motifs is 1. The SMILES string of the molecule is Cc1cc(C2CC2)cc(C)c1Oc1nc(NC2=CCC=C2)nc2cc[nH]c12. The molecule has 0 unspecified atom stereocenters. The molecule has 1 fully saturated rings. The van der Waals surface area contributed by atoms with Gasteiger partial charge in [0.1, 0.15) is 11.3 Å². The van der Waals surface area contributed by atoms with Crippen molar-refractivity contribution in [2.75, 3.05) is 5.32 Å². The summed E-state index contributed by atoms with van der Waals surface area (Å²) in [6.45, 7) is 4.21. The third-order valence-electron chi connectivity index (χ3n) is 5.13. The molecule has 5 nitrogen and oxygen atoms in total. The quantitative estimate of drug-likeness (QED) is 0.632. The lowest BCUT2D eigenvalue weighted by Crippen LogP contribution is -2.03. The van der Waals surface area contributed by atoms with Crippen LogP contribution < -0.4 is 10.1 Å². The van der Waals surface area contributed by atoms with Crippen LogP contribution in [0, 0.1) is 13.8 Å². The monoisotopic (exact) mass is 358 g/mol. The molecule has 27 heavy (non-hydrogen) atoms. The van der Waals surface area contributed by atoms with E-state index in [9.17, 15) is 0 Å². The number of hydrogen-bond donors (Lipinski definition) is 2. The Morgan fingerprint density at radius 3 is 2.67 bits per heavy atom. The van der Waals surface area contributed by atoms with Gasteiger partial charge in [0.25, 0.3) is 0 Å². The van der Waals surface area contributed by atoms with E-state index in [4.69, 9.17) is 4.74 Å². The van der Waals surface area contributed by atoms with Crippen LogP contribution in [-0.2, 0) is 0 Å². The van der Waals surface area contributed by atoms with Crippen LogP contribution in [0.15, 0.2) is 48.3 Å². The summed E-state index contributed by atoms with van der Waals surface area (Å²) in [5, 5.41) is 3.27.